The topological polar surface area (TPSA) is 77.9 Å². The molecule has 0 aliphatic carbocycles. The predicted molar refractivity (Wildman–Crippen MR) is 96.2 cm³/mol. The summed E-state index contributed by atoms with van der Waals surface area (Å²) in [6, 6.07) is 15.1. The van der Waals surface area contributed by atoms with Gasteiger partial charge >= 0.3 is 5.97 Å². The summed E-state index contributed by atoms with van der Waals surface area (Å²) in [5, 5.41) is 9.78. The molecule has 0 saturated carbocycles. The standard InChI is InChI=1S/C20H25NO5/c22-19(16-25-14-18-9-4-5-11-21-18)15-24-12-6-10-20(23)26-13-17-7-2-1-3-8-17/h1-5,7-9,11,19,22H,6,10,12-16H2. The van der Waals surface area contributed by atoms with E-state index in [1.807, 2.05) is 48.5 Å². The van der Waals surface area contributed by atoms with Crippen molar-refractivity contribution in [1.29, 1.82) is 0 Å². The van der Waals surface area contributed by atoms with Crippen molar-refractivity contribution in [1.82, 2.24) is 4.98 Å². The molecular weight excluding hydrogens is 334 g/mol. The molecule has 0 bridgehead atoms. The van der Waals surface area contributed by atoms with Crippen molar-refractivity contribution in [3.63, 3.8) is 0 Å². The highest BCUT2D eigenvalue weighted by Crippen LogP contribution is 2.03. The highest BCUT2D eigenvalue weighted by atomic mass is 16.5. The first-order chi connectivity index (χ1) is 12.7. The molecule has 26 heavy (non-hydrogen) atoms. The summed E-state index contributed by atoms with van der Waals surface area (Å²) in [5.74, 6) is -0.253. The number of aromatic nitrogens is 1. The van der Waals surface area contributed by atoms with Crippen molar-refractivity contribution in [2.24, 2.45) is 0 Å². The van der Waals surface area contributed by atoms with Crippen molar-refractivity contribution in [2.45, 2.75) is 32.2 Å². The number of hydrogen-bond donors (Lipinski definition) is 1. The summed E-state index contributed by atoms with van der Waals surface area (Å²) in [4.78, 5) is 15.8. The van der Waals surface area contributed by atoms with Crippen LogP contribution in [-0.4, -0.2) is 42.0 Å². The minimum Gasteiger partial charge on any atom is -0.461 e. The number of carbonyl (C=O) groups is 1. The molecule has 1 N–H and O–H groups in total. The first-order valence-electron chi connectivity index (χ1n) is 8.67. The predicted octanol–water partition coefficient (Wildman–Crippen LogP) is 2.50. The van der Waals surface area contributed by atoms with Crippen LogP contribution in [0.2, 0.25) is 0 Å². The fourth-order valence-electron chi connectivity index (χ4n) is 2.18. The van der Waals surface area contributed by atoms with Crippen molar-refractivity contribution < 1.29 is 24.1 Å². The van der Waals surface area contributed by atoms with Crippen LogP contribution in [0.4, 0.5) is 0 Å². The van der Waals surface area contributed by atoms with Crippen LogP contribution in [0.5, 0.6) is 0 Å². The Morgan fingerprint density at radius 3 is 2.54 bits per heavy atom. The third-order valence-corrected chi connectivity index (χ3v) is 3.51. The van der Waals surface area contributed by atoms with Gasteiger partial charge in [0.2, 0.25) is 0 Å². The number of nitrogens with zero attached hydrogens (tertiary/aromatic N) is 1. The van der Waals surface area contributed by atoms with E-state index in [0.717, 1.165) is 11.3 Å². The van der Waals surface area contributed by atoms with E-state index in [-0.39, 0.29) is 25.8 Å². The second kappa shape index (κ2) is 12.1. The van der Waals surface area contributed by atoms with Crippen LogP contribution in [0, 0.1) is 0 Å². The van der Waals surface area contributed by atoms with Gasteiger partial charge < -0.3 is 19.3 Å². The maximum Gasteiger partial charge on any atom is 0.306 e. The molecule has 0 fully saturated rings. The minimum absolute atomic E-state index is 0.168. The Bertz CT molecular complexity index is 621. The highest BCUT2D eigenvalue weighted by molar-refractivity contribution is 5.69. The summed E-state index contributed by atoms with van der Waals surface area (Å²) in [7, 11) is 0. The van der Waals surface area contributed by atoms with E-state index in [1.165, 1.54) is 0 Å². The monoisotopic (exact) mass is 359 g/mol. The molecule has 1 aromatic carbocycles. The third-order valence-electron chi connectivity index (χ3n) is 3.51. The van der Waals surface area contributed by atoms with Crippen LogP contribution in [0.1, 0.15) is 24.1 Å². The summed E-state index contributed by atoms with van der Waals surface area (Å²) in [6.45, 7) is 1.37. The largest absolute Gasteiger partial charge is 0.461 e. The van der Waals surface area contributed by atoms with E-state index in [9.17, 15) is 9.90 Å². The van der Waals surface area contributed by atoms with Crippen molar-refractivity contribution in [2.75, 3.05) is 19.8 Å². The molecule has 0 amide bonds. The molecule has 6 nitrogen and oxygen atoms in total. The second-order valence-corrected chi connectivity index (χ2v) is 5.81. The zero-order chi connectivity index (χ0) is 18.5. The van der Waals surface area contributed by atoms with Crippen molar-refractivity contribution in [3.8, 4) is 0 Å². The summed E-state index contributed by atoms with van der Waals surface area (Å²) in [5.41, 5.74) is 1.78. The number of aliphatic hydroxyl groups is 1. The fraction of sp³-hybridized carbons (Fsp3) is 0.400. The van der Waals surface area contributed by atoms with Gasteiger partial charge in [-0.05, 0) is 24.1 Å². The number of rotatable bonds is 12. The highest BCUT2D eigenvalue weighted by Gasteiger charge is 2.07. The van der Waals surface area contributed by atoms with Gasteiger partial charge in [-0.25, -0.2) is 0 Å². The lowest BCUT2D eigenvalue weighted by atomic mass is 10.2. The zero-order valence-corrected chi connectivity index (χ0v) is 14.8. The Morgan fingerprint density at radius 2 is 1.77 bits per heavy atom. The lowest BCUT2D eigenvalue weighted by Crippen LogP contribution is -2.22. The smallest absolute Gasteiger partial charge is 0.306 e. The quantitative estimate of drug-likeness (QED) is 0.463. The molecule has 0 radical (unpaired) electrons. The average molecular weight is 359 g/mol. The van der Waals surface area contributed by atoms with Gasteiger partial charge in [-0.1, -0.05) is 36.4 Å². The Hall–Kier alpha value is -2.28. The van der Waals surface area contributed by atoms with Crippen LogP contribution in [0.25, 0.3) is 0 Å². The number of aliphatic hydroxyl groups excluding tert-OH is 1. The molecule has 6 heteroatoms. The molecule has 1 atom stereocenters. The first kappa shape index (κ1) is 20.0. The minimum atomic E-state index is -0.705. The van der Waals surface area contributed by atoms with Crippen LogP contribution < -0.4 is 0 Å². The van der Waals surface area contributed by atoms with E-state index < -0.39 is 6.10 Å². The van der Waals surface area contributed by atoms with Crippen LogP contribution in [0.15, 0.2) is 54.7 Å². The lowest BCUT2D eigenvalue weighted by molar-refractivity contribution is -0.145. The van der Waals surface area contributed by atoms with Crippen LogP contribution >= 0.6 is 0 Å². The Labute approximate surface area is 153 Å². The Morgan fingerprint density at radius 1 is 1.00 bits per heavy atom. The number of carbonyl (C=O) groups excluding carboxylic acids is 1. The average Bonchev–Trinajstić information content (AvgIpc) is 2.68. The summed E-state index contributed by atoms with van der Waals surface area (Å²) >= 11 is 0. The molecule has 0 saturated heterocycles. The number of ether oxygens (including phenoxy) is 3. The van der Waals surface area contributed by atoms with Gasteiger partial charge in [0.25, 0.3) is 0 Å². The molecule has 2 rings (SSSR count). The molecule has 1 aromatic heterocycles. The summed E-state index contributed by atoms with van der Waals surface area (Å²) in [6.07, 6.45) is 1.83. The van der Waals surface area contributed by atoms with Crippen molar-refractivity contribution >= 4 is 5.97 Å². The molecule has 0 aliphatic heterocycles. The lowest BCUT2D eigenvalue weighted by Gasteiger charge is -2.11. The maximum atomic E-state index is 11.6. The van der Waals surface area contributed by atoms with Crippen LogP contribution in [-0.2, 0) is 32.2 Å². The van der Waals surface area contributed by atoms with E-state index >= 15 is 0 Å². The zero-order valence-electron chi connectivity index (χ0n) is 14.8. The molecule has 1 unspecified atom stereocenters. The van der Waals surface area contributed by atoms with Crippen LogP contribution in [0.3, 0.4) is 0 Å². The number of hydrogen-bond acceptors (Lipinski definition) is 6. The van der Waals surface area contributed by atoms with Gasteiger partial charge in [0, 0.05) is 19.2 Å². The number of benzene rings is 1. The molecule has 2 aromatic rings. The SMILES string of the molecule is O=C(CCCOCC(O)COCc1ccccn1)OCc1ccccc1. The van der Waals surface area contributed by atoms with Gasteiger partial charge in [-0.15, -0.1) is 0 Å². The first-order valence-corrected chi connectivity index (χ1v) is 8.67. The van der Waals surface area contributed by atoms with Gasteiger partial charge in [0.1, 0.15) is 12.7 Å². The molecular formula is C20H25NO5. The third kappa shape index (κ3) is 8.71. The molecule has 1 heterocycles. The van der Waals surface area contributed by atoms with E-state index in [0.29, 0.717) is 26.1 Å². The fourth-order valence-corrected chi connectivity index (χ4v) is 2.18. The van der Waals surface area contributed by atoms with E-state index in [2.05, 4.69) is 4.98 Å². The molecule has 0 spiro atoms. The van der Waals surface area contributed by atoms with Gasteiger partial charge in [-0.3, -0.25) is 9.78 Å². The van der Waals surface area contributed by atoms with Gasteiger partial charge in [0.15, 0.2) is 0 Å². The van der Waals surface area contributed by atoms with Gasteiger partial charge in [-0.2, -0.15) is 0 Å². The van der Waals surface area contributed by atoms with Crippen molar-refractivity contribution in [3.05, 3.63) is 66.0 Å². The normalized spacial score (nSPS) is 11.9. The van der Waals surface area contributed by atoms with Gasteiger partial charge in [0.05, 0.1) is 25.5 Å². The summed E-state index contributed by atoms with van der Waals surface area (Å²) < 4.78 is 15.9. The maximum absolute atomic E-state index is 11.6. The number of pyridine rings is 1. The molecule has 0 aliphatic rings. The van der Waals surface area contributed by atoms with E-state index in [1.54, 1.807) is 6.20 Å². The second-order valence-electron chi connectivity index (χ2n) is 5.81. The number of esters is 1. The Kier molecular flexibility index (Phi) is 9.35. The van der Waals surface area contributed by atoms with E-state index in [4.69, 9.17) is 14.2 Å². The Balaban J connectivity index is 1.44. The molecule has 140 valence electrons.